The molecule has 1 rings (SSSR count). The highest BCUT2D eigenvalue weighted by Gasteiger charge is 2.30. The number of ether oxygens (including phenoxy) is 1. The number of rotatable bonds is 6. The standard InChI is InChI=1S/C14H29N3O/c1-5-15-13(16-9-7-11-18-6-2)17-10-8-14(3,4)12-17/h5-12H2,1-4H3,(H,15,16). The Morgan fingerprint density at radius 2 is 2.17 bits per heavy atom. The summed E-state index contributed by atoms with van der Waals surface area (Å²) in [5.74, 6) is 1.07. The van der Waals surface area contributed by atoms with E-state index in [2.05, 4.69) is 36.0 Å². The van der Waals surface area contributed by atoms with Crippen LogP contribution in [0.1, 0.15) is 40.5 Å². The second kappa shape index (κ2) is 7.62. The summed E-state index contributed by atoms with van der Waals surface area (Å²) < 4.78 is 5.33. The van der Waals surface area contributed by atoms with E-state index < -0.39 is 0 Å². The van der Waals surface area contributed by atoms with Crippen molar-refractivity contribution in [1.82, 2.24) is 10.2 Å². The first-order valence-corrected chi connectivity index (χ1v) is 7.20. The summed E-state index contributed by atoms with van der Waals surface area (Å²) in [4.78, 5) is 7.06. The minimum atomic E-state index is 0.418. The first-order chi connectivity index (χ1) is 8.59. The highest BCUT2D eigenvalue weighted by molar-refractivity contribution is 5.80. The molecule has 0 saturated carbocycles. The highest BCUT2D eigenvalue weighted by atomic mass is 16.5. The molecule has 0 radical (unpaired) electrons. The second-order valence-corrected chi connectivity index (χ2v) is 5.62. The second-order valence-electron chi connectivity index (χ2n) is 5.62. The van der Waals surface area contributed by atoms with Gasteiger partial charge in [0.25, 0.3) is 0 Å². The summed E-state index contributed by atoms with van der Waals surface area (Å²) in [5, 5.41) is 3.39. The van der Waals surface area contributed by atoms with Gasteiger partial charge in [0.05, 0.1) is 0 Å². The molecule has 4 heteroatoms. The quantitative estimate of drug-likeness (QED) is 0.449. The van der Waals surface area contributed by atoms with Gasteiger partial charge in [0, 0.05) is 39.4 Å². The van der Waals surface area contributed by atoms with Crippen molar-refractivity contribution in [1.29, 1.82) is 0 Å². The van der Waals surface area contributed by atoms with Crippen molar-refractivity contribution >= 4 is 5.96 Å². The van der Waals surface area contributed by atoms with E-state index in [1.165, 1.54) is 6.42 Å². The van der Waals surface area contributed by atoms with Crippen LogP contribution in [-0.4, -0.2) is 50.3 Å². The lowest BCUT2D eigenvalue weighted by Gasteiger charge is -2.23. The van der Waals surface area contributed by atoms with E-state index in [1.54, 1.807) is 0 Å². The fourth-order valence-corrected chi connectivity index (χ4v) is 2.21. The molecule has 106 valence electrons. The van der Waals surface area contributed by atoms with E-state index in [4.69, 9.17) is 4.74 Å². The molecule has 4 nitrogen and oxygen atoms in total. The number of nitrogens with one attached hydrogen (secondary N) is 1. The molecule has 0 aromatic carbocycles. The third kappa shape index (κ3) is 5.25. The van der Waals surface area contributed by atoms with Crippen LogP contribution in [-0.2, 0) is 4.74 Å². The molecule has 1 saturated heterocycles. The average molecular weight is 255 g/mol. The van der Waals surface area contributed by atoms with Gasteiger partial charge in [-0.1, -0.05) is 13.8 Å². The van der Waals surface area contributed by atoms with E-state index in [-0.39, 0.29) is 0 Å². The molecule has 1 fully saturated rings. The van der Waals surface area contributed by atoms with Crippen molar-refractivity contribution in [2.45, 2.75) is 40.5 Å². The summed E-state index contributed by atoms with van der Waals surface area (Å²) in [6.45, 7) is 14.4. The Kier molecular flexibility index (Phi) is 6.47. The Labute approximate surface area is 112 Å². The van der Waals surface area contributed by atoms with Crippen molar-refractivity contribution in [3.63, 3.8) is 0 Å². The molecule has 0 aromatic rings. The number of hydrogen-bond donors (Lipinski definition) is 1. The molecule has 18 heavy (non-hydrogen) atoms. The highest BCUT2D eigenvalue weighted by Crippen LogP contribution is 2.28. The Morgan fingerprint density at radius 1 is 1.39 bits per heavy atom. The maximum atomic E-state index is 5.33. The minimum absolute atomic E-state index is 0.418. The molecule has 0 bridgehead atoms. The van der Waals surface area contributed by atoms with Gasteiger partial charge in [0.1, 0.15) is 0 Å². The van der Waals surface area contributed by atoms with Crippen molar-refractivity contribution in [3.05, 3.63) is 0 Å². The lowest BCUT2D eigenvalue weighted by atomic mass is 9.93. The van der Waals surface area contributed by atoms with Crippen molar-refractivity contribution in [3.8, 4) is 0 Å². The van der Waals surface area contributed by atoms with Gasteiger partial charge in [0.15, 0.2) is 5.96 Å². The van der Waals surface area contributed by atoms with Crippen molar-refractivity contribution in [2.75, 3.05) is 39.4 Å². The van der Waals surface area contributed by atoms with E-state index >= 15 is 0 Å². The smallest absolute Gasteiger partial charge is 0.193 e. The van der Waals surface area contributed by atoms with Gasteiger partial charge in [-0.15, -0.1) is 0 Å². The molecule has 0 amide bonds. The third-order valence-corrected chi connectivity index (χ3v) is 3.22. The fourth-order valence-electron chi connectivity index (χ4n) is 2.21. The predicted octanol–water partition coefficient (Wildman–Crippen LogP) is 2.11. The minimum Gasteiger partial charge on any atom is -0.382 e. The Bertz CT molecular complexity index is 264. The molecule has 1 heterocycles. The van der Waals surface area contributed by atoms with Crippen LogP contribution in [0, 0.1) is 5.41 Å². The molecular weight excluding hydrogens is 226 g/mol. The Morgan fingerprint density at radius 3 is 2.72 bits per heavy atom. The van der Waals surface area contributed by atoms with Crippen LogP contribution in [0.5, 0.6) is 0 Å². The summed E-state index contributed by atoms with van der Waals surface area (Å²) in [6, 6.07) is 0. The van der Waals surface area contributed by atoms with Crippen molar-refractivity contribution < 1.29 is 4.74 Å². The van der Waals surface area contributed by atoms with Crippen LogP contribution < -0.4 is 5.32 Å². The van der Waals surface area contributed by atoms with E-state index in [9.17, 15) is 0 Å². The van der Waals surface area contributed by atoms with Gasteiger partial charge in [-0.25, -0.2) is 0 Å². The third-order valence-electron chi connectivity index (χ3n) is 3.22. The molecule has 0 atom stereocenters. The zero-order valence-electron chi connectivity index (χ0n) is 12.5. The molecule has 0 unspecified atom stereocenters. The van der Waals surface area contributed by atoms with E-state index in [0.29, 0.717) is 5.41 Å². The number of hydrogen-bond acceptors (Lipinski definition) is 2. The monoisotopic (exact) mass is 255 g/mol. The molecule has 0 spiro atoms. The van der Waals surface area contributed by atoms with Crippen LogP contribution >= 0.6 is 0 Å². The van der Waals surface area contributed by atoms with Gasteiger partial charge in [-0.2, -0.15) is 0 Å². The van der Waals surface area contributed by atoms with Gasteiger partial charge in [-0.05, 0) is 32.1 Å². The molecule has 1 aliphatic heterocycles. The Balaban J connectivity index is 2.41. The molecule has 1 N–H and O–H groups in total. The van der Waals surface area contributed by atoms with Gasteiger partial charge in [0.2, 0.25) is 0 Å². The number of aliphatic imine (C=N–C) groups is 1. The van der Waals surface area contributed by atoms with Gasteiger partial charge >= 0.3 is 0 Å². The van der Waals surface area contributed by atoms with E-state index in [0.717, 1.165) is 51.8 Å². The van der Waals surface area contributed by atoms with Crippen LogP contribution in [0.15, 0.2) is 4.99 Å². The van der Waals surface area contributed by atoms with Gasteiger partial charge < -0.3 is 15.0 Å². The van der Waals surface area contributed by atoms with Crippen LogP contribution in [0.3, 0.4) is 0 Å². The topological polar surface area (TPSA) is 36.9 Å². The first-order valence-electron chi connectivity index (χ1n) is 7.20. The van der Waals surface area contributed by atoms with Gasteiger partial charge in [-0.3, -0.25) is 4.99 Å². The lowest BCUT2D eigenvalue weighted by molar-refractivity contribution is 0.146. The van der Waals surface area contributed by atoms with Crippen LogP contribution in [0.2, 0.25) is 0 Å². The lowest BCUT2D eigenvalue weighted by Crippen LogP contribution is -2.40. The number of likely N-dealkylation sites (tertiary alicyclic amines) is 1. The van der Waals surface area contributed by atoms with Crippen LogP contribution in [0.25, 0.3) is 0 Å². The first kappa shape index (κ1) is 15.3. The zero-order valence-corrected chi connectivity index (χ0v) is 12.5. The zero-order chi connectivity index (χ0) is 13.4. The molecule has 1 aliphatic rings. The molecule has 0 aromatic heterocycles. The predicted molar refractivity (Wildman–Crippen MR) is 77.1 cm³/mol. The summed E-state index contributed by atoms with van der Waals surface area (Å²) >= 11 is 0. The van der Waals surface area contributed by atoms with Crippen LogP contribution in [0.4, 0.5) is 0 Å². The maximum Gasteiger partial charge on any atom is 0.193 e. The number of guanidine groups is 1. The summed E-state index contributed by atoms with van der Waals surface area (Å²) in [5.41, 5.74) is 0.418. The van der Waals surface area contributed by atoms with Crippen molar-refractivity contribution in [2.24, 2.45) is 10.4 Å². The summed E-state index contributed by atoms with van der Waals surface area (Å²) in [6.07, 6.45) is 2.25. The van der Waals surface area contributed by atoms with E-state index in [1.807, 2.05) is 6.92 Å². The average Bonchev–Trinajstić information content (AvgIpc) is 2.68. The Hall–Kier alpha value is -0.770. The molecule has 0 aliphatic carbocycles. The SMILES string of the molecule is CCNC(=NCCCOCC)N1CCC(C)(C)C1. The molecular formula is C14H29N3O. The number of nitrogens with zero attached hydrogens (tertiary/aromatic N) is 2. The normalized spacial score (nSPS) is 19.3. The summed E-state index contributed by atoms with van der Waals surface area (Å²) in [7, 11) is 0. The largest absolute Gasteiger partial charge is 0.382 e. The maximum absolute atomic E-state index is 5.33. The fraction of sp³-hybridized carbons (Fsp3) is 0.929.